The summed E-state index contributed by atoms with van der Waals surface area (Å²) in [6.45, 7) is 13.9. The van der Waals surface area contributed by atoms with Gasteiger partial charge in [0.15, 0.2) is 0 Å². The molecule has 6 nitrogen and oxygen atoms in total. The van der Waals surface area contributed by atoms with Gasteiger partial charge in [0.1, 0.15) is 5.75 Å². The molecule has 0 bridgehead atoms. The molecule has 234 valence electrons. The van der Waals surface area contributed by atoms with Crippen molar-refractivity contribution in [1.29, 1.82) is 0 Å². The van der Waals surface area contributed by atoms with E-state index in [1.165, 1.54) is 0 Å². The number of hydrogen-bond donors (Lipinski definition) is 1. The Balaban J connectivity index is 1.64. The third-order valence-electron chi connectivity index (χ3n) is 7.46. The van der Waals surface area contributed by atoms with E-state index in [1.54, 1.807) is 7.11 Å². The average Bonchev–Trinajstić information content (AvgIpc) is 3.00. The molecular weight excluding hydrogens is 555 g/mol. The molecule has 1 atom stereocenters. The number of nitrogens with one attached hydrogen (secondary N) is 1. The minimum atomic E-state index is -1.12. The summed E-state index contributed by atoms with van der Waals surface area (Å²) < 4.78 is 20.2. The summed E-state index contributed by atoms with van der Waals surface area (Å²) in [6, 6.07) is 29.7. The second kappa shape index (κ2) is 17.5. The Kier molecular flexibility index (Phi) is 14.1. The molecule has 3 aromatic rings. The van der Waals surface area contributed by atoms with Crippen molar-refractivity contribution in [2.24, 2.45) is 0 Å². The molecule has 0 aliphatic rings. The highest BCUT2D eigenvalue weighted by atomic mass is 31.2. The highest BCUT2D eigenvalue weighted by molar-refractivity contribution is 7.44. The minimum absolute atomic E-state index is 0.0573. The molecule has 1 amide bonds. The Morgan fingerprint density at radius 2 is 1.30 bits per heavy atom. The van der Waals surface area contributed by atoms with Crippen molar-refractivity contribution >= 4 is 14.4 Å². The van der Waals surface area contributed by atoms with Crippen LogP contribution < -0.4 is 10.1 Å². The van der Waals surface area contributed by atoms with Crippen LogP contribution in [0.4, 0.5) is 0 Å². The maximum absolute atomic E-state index is 13.2. The normalized spacial score (nSPS) is 12.7. The lowest BCUT2D eigenvalue weighted by molar-refractivity contribution is -0.121. The van der Waals surface area contributed by atoms with E-state index in [1.807, 2.05) is 24.3 Å². The second-order valence-corrected chi connectivity index (χ2v) is 13.2. The zero-order valence-electron chi connectivity index (χ0n) is 27.1. The molecule has 0 aliphatic heterocycles. The number of nitrogens with zero attached hydrogens (tertiary/aromatic N) is 1. The number of carbonyl (C=O) groups is 1. The summed E-state index contributed by atoms with van der Waals surface area (Å²) in [4.78, 5) is 13.2. The Morgan fingerprint density at radius 1 is 0.767 bits per heavy atom. The lowest BCUT2D eigenvalue weighted by Gasteiger charge is -2.36. The average molecular weight is 607 g/mol. The van der Waals surface area contributed by atoms with E-state index in [-0.39, 0.29) is 12.0 Å². The largest absolute Gasteiger partial charge is 0.497 e. The number of unbranched alkanes of at least 4 members (excludes halogenated alkanes) is 2. The fourth-order valence-corrected chi connectivity index (χ4v) is 7.16. The number of amides is 1. The van der Waals surface area contributed by atoms with E-state index in [0.29, 0.717) is 31.7 Å². The van der Waals surface area contributed by atoms with Gasteiger partial charge in [-0.25, -0.2) is 4.67 Å². The number of methoxy groups -OCH3 is 1. The van der Waals surface area contributed by atoms with Gasteiger partial charge < -0.3 is 19.1 Å². The zero-order chi connectivity index (χ0) is 31.2. The molecule has 0 saturated heterocycles. The summed E-state index contributed by atoms with van der Waals surface area (Å²) in [5, 5.41) is 3.29. The van der Waals surface area contributed by atoms with Crippen molar-refractivity contribution in [3.05, 3.63) is 102 Å². The monoisotopic (exact) mass is 606 g/mol. The Morgan fingerprint density at radius 3 is 1.79 bits per heavy atom. The number of benzene rings is 3. The SMILES string of the molecule is COc1ccc(C(CNC(=O)CCCCCOP(OC(C)C)N(C(C)C)C(C)C)(c2ccccc2)c2ccccc2)cc1. The third-order valence-corrected chi connectivity index (χ3v) is 9.77. The first kappa shape index (κ1) is 34.7. The third kappa shape index (κ3) is 9.87. The lowest BCUT2D eigenvalue weighted by atomic mass is 9.69. The molecule has 0 aromatic heterocycles. The predicted octanol–water partition coefficient (Wildman–Crippen LogP) is 8.49. The fourth-order valence-electron chi connectivity index (χ4n) is 5.46. The van der Waals surface area contributed by atoms with E-state index in [0.717, 1.165) is 41.7 Å². The van der Waals surface area contributed by atoms with E-state index >= 15 is 0 Å². The molecule has 1 N–H and O–H groups in total. The van der Waals surface area contributed by atoms with Gasteiger partial charge in [-0.2, -0.15) is 0 Å². The molecule has 3 rings (SSSR count). The van der Waals surface area contributed by atoms with E-state index in [9.17, 15) is 4.79 Å². The summed E-state index contributed by atoms with van der Waals surface area (Å²) >= 11 is 0. The number of ether oxygens (including phenoxy) is 1. The zero-order valence-corrected chi connectivity index (χ0v) is 28.0. The van der Waals surface area contributed by atoms with Crippen LogP contribution in [0.2, 0.25) is 0 Å². The number of rotatable bonds is 18. The van der Waals surface area contributed by atoms with Crippen molar-refractivity contribution in [1.82, 2.24) is 9.99 Å². The first-order chi connectivity index (χ1) is 20.7. The minimum Gasteiger partial charge on any atom is -0.497 e. The van der Waals surface area contributed by atoms with Crippen molar-refractivity contribution in [3.8, 4) is 5.75 Å². The highest BCUT2D eigenvalue weighted by Gasteiger charge is 2.36. The summed E-state index contributed by atoms with van der Waals surface area (Å²) in [5.41, 5.74) is 2.80. The molecule has 3 aromatic carbocycles. The molecule has 0 heterocycles. The van der Waals surface area contributed by atoms with Gasteiger partial charge in [-0.3, -0.25) is 4.79 Å². The fraction of sp³-hybridized carbons (Fsp3) is 0.472. The van der Waals surface area contributed by atoms with Crippen LogP contribution in [0.15, 0.2) is 84.9 Å². The van der Waals surface area contributed by atoms with Gasteiger partial charge in [0.25, 0.3) is 8.53 Å². The van der Waals surface area contributed by atoms with Gasteiger partial charge in [-0.05, 0) is 83.2 Å². The Labute approximate surface area is 261 Å². The first-order valence-corrected chi connectivity index (χ1v) is 16.7. The standard InChI is InChI=1S/C36H51N2O4P/c1-28(2)38(29(3)4)43(42-30(5)6)41-26-16-10-15-21-35(39)37-27-36(31-17-11-8-12-18-31,32-19-13-9-14-20-32)33-22-24-34(40-7)25-23-33/h8-9,11-14,17-20,22-25,28-30H,10,15-16,21,26-27H2,1-7H3,(H,37,39). The Hall–Kier alpha value is -2.76. The van der Waals surface area contributed by atoms with Gasteiger partial charge in [0, 0.05) is 25.0 Å². The van der Waals surface area contributed by atoms with Crippen LogP contribution in [0.25, 0.3) is 0 Å². The molecule has 0 aliphatic carbocycles. The van der Waals surface area contributed by atoms with Gasteiger partial charge in [-0.15, -0.1) is 0 Å². The van der Waals surface area contributed by atoms with Crippen LogP contribution in [-0.4, -0.2) is 49.0 Å². The highest BCUT2D eigenvalue weighted by Crippen LogP contribution is 2.47. The molecule has 1 unspecified atom stereocenters. The van der Waals surface area contributed by atoms with Gasteiger partial charge in [-0.1, -0.05) is 79.2 Å². The van der Waals surface area contributed by atoms with Gasteiger partial charge >= 0.3 is 0 Å². The van der Waals surface area contributed by atoms with Gasteiger partial charge in [0.2, 0.25) is 5.91 Å². The quantitative estimate of drug-likeness (QED) is 0.0894. The van der Waals surface area contributed by atoms with Crippen molar-refractivity contribution in [3.63, 3.8) is 0 Å². The molecule has 0 radical (unpaired) electrons. The van der Waals surface area contributed by atoms with Crippen LogP contribution in [0.3, 0.4) is 0 Å². The molecular formula is C36H51N2O4P. The summed E-state index contributed by atoms with van der Waals surface area (Å²) in [7, 11) is 0.556. The summed E-state index contributed by atoms with van der Waals surface area (Å²) in [5.74, 6) is 0.859. The van der Waals surface area contributed by atoms with Crippen LogP contribution in [-0.2, 0) is 19.3 Å². The molecule has 0 spiro atoms. The van der Waals surface area contributed by atoms with E-state index in [4.69, 9.17) is 13.8 Å². The van der Waals surface area contributed by atoms with Crippen LogP contribution >= 0.6 is 8.53 Å². The molecule has 43 heavy (non-hydrogen) atoms. The van der Waals surface area contributed by atoms with E-state index < -0.39 is 13.9 Å². The molecule has 7 heteroatoms. The van der Waals surface area contributed by atoms with Crippen molar-refractivity contribution < 1.29 is 18.6 Å². The second-order valence-electron chi connectivity index (χ2n) is 11.7. The van der Waals surface area contributed by atoms with E-state index in [2.05, 4.69) is 112 Å². The van der Waals surface area contributed by atoms with Crippen LogP contribution in [0.5, 0.6) is 5.75 Å². The maximum atomic E-state index is 13.2. The predicted molar refractivity (Wildman–Crippen MR) is 178 cm³/mol. The smallest absolute Gasteiger partial charge is 0.259 e. The first-order valence-electron chi connectivity index (χ1n) is 15.6. The van der Waals surface area contributed by atoms with Crippen LogP contribution in [0, 0.1) is 0 Å². The van der Waals surface area contributed by atoms with Crippen LogP contribution in [0.1, 0.15) is 83.9 Å². The Bertz CT molecular complexity index is 1160. The van der Waals surface area contributed by atoms with Crippen molar-refractivity contribution in [2.45, 2.75) is 90.8 Å². The van der Waals surface area contributed by atoms with Crippen molar-refractivity contribution in [2.75, 3.05) is 20.3 Å². The molecule has 0 saturated carbocycles. The summed E-state index contributed by atoms with van der Waals surface area (Å²) in [6.07, 6.45) is 3.20. The lowest BCUT2D eigenvalue weighted by Crippen LogP contribution is -2.42. The molecule has 0 fully saturated rings. The maximum Gasteiger partial charge on any atom is 0.259 e. The topological polar surface area (TPSA) is 60.0 Å². The number of hydrogen-bond acceptors (Lipinski definition) is 5. The van der Waals surface area contributed by atoms with Gasteiger partial charge in [0.05, 0.1) is 25.2 Å². The number of carbonyl (C=O) groups excluding carboxylic acids is 1.